The van der Waals surface area contributed by atoms with Crippen molar-refractivity contribution in [2.24, 2.45) is 0 Å². The highest BCUT2D eigenvalue weighted by molar-refractivity contribution is 7.99. The third-order valence-electron chi connectivity index (χ3n) is 6.18. The average molecular weight is 507 g/mol. The second-order valence-corrected chi connectivity index (χ2v) is 9.46. The second kappa shape index (κ2) is 8.83. The number of anilines is 1. The second-order valence-electron chi connectivity index (χ2n) is 8.46. The van der Waals surface area contributed by atoms with Crippen molar-refractivity contribution in [2.75, 3.05) is 11.9 Å². The van der Waals surface area contributed by atoms with Crippen molar-refractivity contribution in [3.8, 4) is 11.6 Å². The number of hydrogen-bond acceptors (Lipinski definition) is 9. The number of ketones is 1. The number of carbonyl (C=O) groups excluding carboxylic acids is 2. The van der Waals surface area contributed by atoms with Gasteiger partial charge in [-0.3, -0.25) is 4.79 Å². The summed E-state index contributed by atoms with van der Waals surface area (Å²) in [6.07, 6.45) is 2.82. The van der Waals surface area contributed by atoms with Crippen LogP contribution in [0, 0.1) is 0 Å². The fourth-order valence-corrected chi connectivity index (χ4v) is 5.45. The molecular formula is C25H22N4O6S. The third-order valence-corrected chi connectivity index (χ3v) is 6.99. The molecular weight excluding hydrogens is 484 g/mol. The number of aromatic nitrogens is 3. The highest BCUT2D eigenvalue weighted by Gasteiger charge is 2.39. The van der Waals surface area contributed by atoms with E-state index in [9.17, 15) is 14.7 Å². The summed E-state index contributed by atoms with van der Waals surface area (Å²) in [6, 6.07) is 8.62. The number of hydrogen-bond donors (Lipinski definition) is 4. The Bertz CT molecular complexity index is 1530. The van der Waals surface area contributed by atoms with E-state index in [1.54, 1.807) is 31.3 Å². The van der Waals surface area contributed by atoms with E-state index in [4.69, 9.17) is 13.9 Å². The summed E-state index contributed by atoms with van der Waals surface area (Å²) in [5, 5.41) is 14.2. The average Bonchev–Trinajstić information content (AvgIpc) is 3.57. The number of imidazole rings is 1. The van der Waals surface area contributed by atoms with Crippen LogP contribution >= 0.6 is 11.8 Å². The third kappa shape index (κ3) is 3.91. The van der Waals surface area contributed by atoms with E-state index >= 15 is 0 Å². The van der Waals surface area contributed by atoms with E-state index in [2.05, 4.69) is 20.3 Å². The molecule has 36 heavy (non-hydrogen) atoms. The molecule has 0 spiro atoms. The molecule has 0 fully saturated rings. The number of allylic oxidation sites excluding steroid dienone is 2. The van der Waals surface area contributed by atoms with Gasteiger partial charge in [-0.15, -0.1) is 0 Å². The Balaban J connectivity index is 1.34. The van der Waals surface area contributed by atoms with Gasteiger partial charge in [-0.2, -0.15) is 0 Å². The van der Waals surface area contributed by atoms with Crippen LogP contribution in [0.15, 0.2) is 62.5 Å². The van der Waals surface area contributed by atoms with Crippen LogP contribution in [-0.2, 0) is 9.53 Å². The monoisotopic (exact) mass is 506 g/mol. The molecule has 10 nitrogen and oxygen atoms in total. The van der Waals surface area contributed by atoms with Gasteiger partial charge in [0.15, 0.2) is 16.0 Å². The van der Waals surface area contributed by atoms with Crippen LogP contribution < -0.4 is 10.1 Å². The molecule has 0 saturated carbocycles. The van der Waals surface area contributed by atoms with Crippen LogP contribution in [0.2, 0.25) is 0 Å². The zero-order chi connectivity index (χ0) is 24.8. The lowest BCUT2D eigenvalue weighted by Gasteiger charge is -2.31. The number of H-pyrrole nitrogens is 2. The van der Waals surface area contributed by atoms with Crippen LogP contribution in [-0.4, -0.2) is 38.6 Å². The Morgan fingerprint density at radius 1 is 1.28 bits per heavy atom. The number of carbonyl (C=O) groups is 2. The molecule has 1 aromatic carbocycles. The van der Waals surface area contributed by atoms with Crippen molar-refractivity contribution < 1.29 is 28.6 Å². The highest BCUT2D eigenvalue weighted by atomic mass is 32.2. The minimum Gasteiger partial charge on any atom is -0.508 e. The number of nitrogens with zero attached hydrogens (tertiary/aromatic N) is 1. The van der Waals surface area contributed by atoms with E-state index in [0.29, 0.717) is 40.1 Å². The molecule has 0 saturated heterocycles. The zero-order valence-corrected chi connectivity index (χ0v) is 20.0. The SMILES string of the molecule is CCOC(=O)Oc1[nH]cc2c1NC1=C(C(=O)CCC1)C2c1ccc(Sc2nc3ccc(O)cc3[nH]2)o1. The van der Waals surface area contributed by atoms with Crippen LogP contribution in [0.3, 0.4) is 0 Å². The maximum atomic E-state index is 13.0. The van der Waals surface area contributed by atoms with Crippen LogP contribution in [0.5, 0.6) is 11.6 Å². The summed E-state index contributed by atoms with van der Waals surface area (Å²) in [7, 11) is 0. The van der Waals surface area contributed by atoms with Gasteiger partial charge in [0.1, 0.15) is 17.2 Å². The number of phenolic OH excluding ortho intramolecular Hbond substituents is 1. The number of furan rings is 1. The first kappa shape index (κ1) is 22.4. The Kier molecular flexibility index (Phi) is 5.48. The number of Topliss-reactive ketones (excluding diaryl/α,β-unsaturated/α-hetero) is 1. The minimum atomic E-state index is -0.809. The van der Waals surface area contributed by atoms with E-state index in [1.165, 1.54) is 11.8 Å². The van der Waals surface area contributed by atoms with Gasteiger partial charge in [-0.05, 0) is 55.8 Å². The number of benzene rings is 1. The predicted molar refractivity (Wildman–Crippen MR) is 130 cm³/mol. The highest BCUT2D eigenvalue weighted by Crippen LogP contribution is 2.49. The Hall–Kier alpha value is -4.12. The number of nitrogens with one attached hydrogen (secondary N) is 3. The quantitative estimate of drug-likeness (QED) is 0.260. The van der Waals surface area contributed by atoms with E-state index in [1.807, 2.05) is 12.1 Å². The molecule has 4 N–H and O–H groups in total. The van der Waals surface area contributed by atoms with Gasteiger partial charge in [-0.1, -0.05) is 0 Å². The molecule has 1 atom stereocenters. The largest absolute Gasteiger partial charge is 0.515 e. The lowest BCUT2D eigenvalue weighted by atomic mass is 9.79. The summed E-state index contributed by atoms with van der Waals surface area (Å²) in [6.45, 7) is 1.90. The zero-order valence-electron chi connectivity index (χ0n) is 19.2. The summed E-state index contributed by atoms with van der Waals surface area (Å²) < 4.78 is 16.5. The number of rotatable bonds is 5. The van der Waals surface area contributed by atoms with Crippen molar-refractivity contribution in [2.45, 2.75) is 42.4 Å². The molecule has 4 heterocycles. The number of fused-ring (bicyclic) bond motifs is 2. The van der Waals surface area contributed by atoms with E-state index in [0.717, 1.165) is 28.7 Å². The van der Waals surface area contributed by atoms with Gasteiger partial charge in [0, 0.05) is 35.5 Å². The normalized spacial score (nSPS) is 17.0. The smallest absolute Gasteiger partial charge is 0.508 e. The van der Waals surface area contributed by atoms with Gasteiger partial charge in [-0.25, -0.2) is 9.78 Å². The number of phenols is 1. The van der Waals surface area contributed by atoms with Crippen molar-refractivity contribution in [1.29, 1.82) is 0 Å². The topological polar surface area (TPSA) is 142 Å². The van der Waals surface area contributed by atoms with Crippen LogP contribution in [0.4, 0.5) is 10.5 Å². The summed E-state index contributed by atoms with van der Waals surface area (Å²) in [4.78, 5) is 35.6. The number of aromatic hydroxyl groups is 1. The molecule has 1 unspecified atom stereocenters. The molecule has 1 aliphatic heterocycles. The first-order valence-electron chi connectivity index (χ1n) is 11.6. The Morgan fingerprint density at radius 2 is 2.17 bits per heavy atom. The van der Waals surface area contributed by atoms with Crippen molar-refractivity contribution in [3.05, 3.63) is 59.1 Å². The first-order chi connectivity index (χ1) is 17.5. The fraction of sp³-hybridized carbons (Fsp3) is 0.240. The van der Waals surface area contributed by atoms with Gasteiger partial charge in [0.2, 0.25) is 5.88 Å². The lowest BCUT2D eigenvalue weighted by molar-refractivity contribution is -0.116. The Labute approximate surface area is 209 Å². The molecule has 4 aromatic rings. The van der Waals surface area contributed by atoms with Crippen molar-refractivity contribution >= 4 is 40.4 Å². The van der Waals surface area contributed by atoms with Crippen LogP contribution in [0.1, 0.15) is 43.4 Å². The molecule has 184 valence electrons. The van der Waals surface area contributed by atoms with Gasteiger partial charge in [0.05, 0.1) is 23.6 Å². The standard InChI is InChI=1S/C25H22N4O6S/c1-2-33-25(32)35-23-22-13(11-26-23)20(21-15(27-22)4-3-5-17(21)31)18-8-9-19(34-18)36-24-28-14-7-6-12(30)10-16(14)29-24/h6-11,20,26-27,30H,2-5H2,1H3,(H,28,29). The van der Waals surface area contributed by atoms with Gasteiger partial charge >= 0.3 is 6.16 Å². The van der Waals surface area contributed by atoms with E-state index in [-0.39, 0.29) is 24.0 Å². The predicted octanol–water partition coefficient (Wildman–Crippen LogP) is 5.44. The van der Waals surface area contributed by atoms with Gasteiger partial charge in [0.25, 0.3) is 0 Å². The molecule has 3 aromatic heterocycles. The minimum absolute atomic E-state index is 0.0659. The summed E-state index contributed by atoms with van der Waals surface area (Å²) in [5.41, 5.74) is 4.25. The maximum absolute atomic E-state index is 13.0. The Morgan fingerprint density at radius 3 is 3.03 bits per heavy atom. The van der Waals surface area contributed by atoms with Crippen molar-refractivity contribution in [3.63, 3.8) is 0 Å². The molecule has 1 aliphatic carbocycles. The van der Waals surface area contributed by atoms with Crippen LogP contribution in [0.25, 0.3) is 11.0 Å². The molecule has 0 radical (unpaired) electrons. The van der Waals surface area contributed by atoms with Crippen molar-refractivity contribution in [1.82, 2.24) is 15.0 Å². The fourth-order valence-electron chi connectivity index (χ4n) is 4.68. The van der Waals surface area contributed by atoms with E-state index < -0.39 is 12.1 Å². The molecule has 11 heteroatoms. The molecule has 2 aliphatic rings. The molecule has 6 rings (SSSR count). The van der Waals surface area contributed by atoms with Gasteiger partial charge < -0.3 is 34.3 Å². The number of ether oxygens (including phenoxy) is 2. The summed E-state index contributed by atoms with van der Waals surface area (Å²) >= 11 is 1.31. The lowest BCUT2D eigenvalue weighted by Crippen LogP contribution is -2.26. The first-order valence-corrected chi connectivity index (χ1v) is 12.4. The number of aromatic amines is 2. The molecule has 0 amide bonds. The maximum Gasteiger partial charge on any atom is 0.515 e. The molecule has 0 bridgehead atoms. The summed E-state index contributed by atoms with van der Waals surface area (Å²) in [5.74, 6) is 0.588.